The molecule has 6 nitrogen and oxygen atoms in total. The molecular formula is C13H14BrNO5. The van der Waals surface area contributed by atoms with Gasteiger partial charge in [-0.3, -0.25) is 0 Å². The van der Waals surface area contributed by atoms with E-state index in [2.05, 4.69) is 30.7 Å². The Morgan fingerprint density at radius 1 is 1.20 bits per heavy atom. The molecule has 0 amide bonds. The maximum atomic E-state index is 11.6. The molecule has 0 radical (unpaired) electrons. The molecule has 0 unspecified atom stereocenters. The highest BCUT2D eigenvalue weighted by atomic mass is 79.9. The summed E-state index contributed by atoms with van der Waals surface area (Å²) in [6, 6.07) is 5.12. The molecule has 1 rings (SSSR count). The van der Waals surface area contributed by atoms with Gasteiger partial charge in [0.2, 0.25) is 0 Å². The summed E-state index contributed by atoms with van der Waals surface area (Å²) in [6.07, 6.45) is 1.02. The second-order valence-electron chi connectivity index (χ2n) is 3.54. The first-order chi connectivity index (χ1) is 9.51. The Kier molecular flexibility index (Phi) is 6.05. The zero-order chi connectivity index (χ0) is 15.1. The second-order valence-corrected chi connectivity index (χ2v) is 4.40. The van der Waals surface area contributed by atoms with Crippen LogP contribution in [0.4, 0.5) is 5.69 Å². The Balaban J connectivity index is 3.04. The Morgan fingerprint density at radius 2 is 1.90 bits per heavy atom. The Labute approximate surface area is 124 Å². The molecule has 0 aliphatic heterocycles. The van der Waals surface area contributed by atoms with Crippen LogP contribution in [0.5, 0.6) is 5.75 Å². The average molecular weight is 344 g/mol. The van der Waals surface area contributed by atoms with E-state index < -0.39 is 11.9 Å². The van der Waals surface area contributed by atoms with E-state index in [1.165, 1.54) is 14.2 Å². The van der Waals surface area contributed by atoms with Gasteiger partial charge in [0.15, 0.2) is 0 Å². The van der Waals surface area contributed by atoms with Crippen LogP contribution >= 0.6 is 15.9 Å². The standard InChI is InChI=1S/C13H14BrNO5/c1-18-8-4-5-10(9(14)6-8)15-11(13(17)20-3)7-12(16)19-2/h4-7,15H,1-3H3. The predicted molar refractivity (Wildman–Crippen MR) is 76.4 cm³/mol. The van der Waals surface area contributed by atoms with Gasteiger partial charge in [-0.1, -0.05) is 0 Å². The van der Waals surface area contributed by atoms with Crippen molar-refractivity contribution in [2.24, 2.45) is 0 Å². The highest BCUT2D eigenvalue weighted by Gasteiger charge is 2.14. The van der Waals surface area contributed by atoms with Gasteiger partial charge in [-0.05, 0) is 34.1 Å². The lowest BCUT2D eigenvalue weighted by molar-refractivity contribution is -0.138. The van der Waals surface area contributed by atoms with Crippen molar-refractivity contribution in [2.75, 3.05) is 26.6 Å². The number of hydrogen-bond donors (Lipinski definition) is 1. The molecule has 0 aromatic heterocycles. The Morgan fingerprint density at radius 3 is 2.40 bits per heavy atom. The number of ether oxygens (including phenoxy) is 3. The minimum absolute atomic E-state index is 0.0368. The number of hydrogen-bond acceptors (Lipinski definition) is 6. The third-order valence-electron chi connectivity index (χ3n) is 2.31. The SMILES string of the molecule is COC(=O)C=C(Nc1ccc(OC)cc1Br)C(=O)OC. The summed E-state index contributed by atoms with van der Waals surface area (Å²) in [5.74, 6) is -0.695. The fourth-order valence-electron chi connectivity index (χ4n) is 1.30. The zero-order valence-electron chi connectivity index (χ0n) is 11.2. The van der Waals surface area contributed by atoms with E-state index in [4.69, 9.17) is 4.74 Å². The smallest absolute Gasteiger partial charge is 0.354 e. The fraction of sp³-hybridized carbons (Fsp3) is 0.231. The summed E-state index contributed by atoms with van der Waals surface area (Å²) in [5.41, 5.74) is 0.538. The second kappa shape index (κ2) is 7.54. The monoisotopic (exact) mass is 343 g/mol. The number of halogens is 1. The molecule has 0 atom stereocenters. The van der Waals surface area contributed by atoms with Crippen LogP contribution in [-0.4, -0.2) is 33.3 Å². The number of carbonyl (C=O) groups excluding carboxylic acids is 2. The first-order valence-corrected chi connectivity index (χ1v) is 6.29. The molecule has 1 N–H and O–H groups in total. The molecular weight excluding hydrogens is 330 g/mol. The van der Waals surface area contributed by atoms with E-state index in [9.17, 15) is 9.59 Å². The van der Waals surface area contributed by atoms with Crippen molar-refractivity contribution in [1.82, 2.24) is 0 Å². The van der Waals surface area contributed by atoms with Crippen molar-refractivity contribution in [3.63, 3.8) is 0 Å². The lowest BCUT2D eigenvalue weighted by atomic mass is 10.2. The minimum atomic E-state index is -0.682. The van der Waals surface area contributed by atoms with Crippen molar-refractivity contribution in [3.05, 3.63) is 34.4 Å². The van der Waals surface area contributed by atoms with E-state index in [0.717, 1.165) is 6.08 Å². The van der Waals surface area contributed by atoms with Gasteiger partial charge < -0.3 is 19.5 Å². The number of benzene rings is 1. The van der Waals surface area contributed by atoms with Crippen molar-refractivity contribution in [3.8, 4) is 5.75 Å². The third-order valence-corrected chi connectivity index (χ3v) is 2.97. The molecule has 7 heteroatoms. The first-order valence-electron chi connectivity index (χ1n) is 5.50. The van der Waals surface area contributed by atoms with E-state index in [1.54, 1.807) is 25.3 Å². The molecule has 0 aliphatic rings. The number of nitrogens with one attached hydrogen (secondary N) is 1. The predicted octanol–water partition coefficient (Wildman–Crippen LogP) is 2.10. The fourth-order valence-corrected chi connectivity index (χ4v) is 1.76. The van der Waals surface area contributed by atoms with E-state index >= 15 is 0 Å². The van der Waals surface area contributed by atoms with Crippen LogP contribution < -0.4 is 10.1 Å². The molecule has 0 spiro atoms. The summed E-state index contributed by atoms with van der Waals surface area (Å²) >= 11 is 3.33. The maximum Gasteiger partial charge on any atom is 0.354 e. The zero-order valence-corrected chi connectivity index (χ0v) is 12.8. The van der Waals surface area contributed by atoms with Crippen molar-refractivity contribution in [2.45, 2.75) is 0 Å². The summed E-state index contributed by atoms with van der Waals surface area (Å²) in [7, 11) is 3.99. The van der Waals surface area contributed by atoms with Gasteiger partial charge in [0.05, 0.1) is 33.1 Å². The van der Waals surface area contributed by atoms with Crippen LogP contribution in [-0.2, 0) is 19.1 Å². The summed E-state index contributed by atoms with van der Waals surface area (Å²) < 4.78 is 14.8. The minimum Gasteiger partial charge on any atom is -0.497 e. The summed E-state index contributed by atoms with van der Waals surface area (Å²) in [5, 5.41) is 2.80. The highest BCUT2D eigenvalue weighted by Crippen LogP contribution is 2.28. The average Bonchev–Trinajstić information content (AvgIpc) is 2.47. The van der Waals surface area contributed by atoms with Crippen molar-refractivity contribution in [1.29, 1.82) is 0 Å². The van der Waals surface area contributed by atoms with Crippen LogP contribution in [0.25, 0.3) is 0 Å². The van der Waals surface area contributed by atoms with Gasteiger partial charge in [-0.2, -0.15) is 0 Å². The van der Waals surface area contributed by atoms with Crippen LogP contribution in [0.1, 0.15) is 0 Å². The van der Waals surface area contributed by atoms with Gasteiger partial charge >= 0.3 is 11.9 Å². The van der Waals surface area contributed by atoms with Crippen molar-refractivity contribution >= 4 is 33.6 Å². The van der Waals surface area contributed by atoms with Crippen LogP contribution in [0.15, 0.2) is 34.4 Å². The summed E-state index contributed by atoms with van der Waals surface area (Å²) in [4.78, 5) is 22.8. The van der Waals surface area contributed by atoms with Gasteiger partial charge in [-0.15, -0.1) is 0 Å². The molecule has 1 aromatic rings. The lowest BCUT2D eigenvalue weighted by Crippen LogP contribution is -2.15. The number of methoxy groups -OCH3 is 3. The third kappa shape index (κ3) is 4.27. The molecule has 0 saturated heterocycles. The number of carbonyl (C=O) groups is 2. The van der Waals surface area contributed by atoms with Gasteiger partial charge in [0.25, 0.3) is 0 Å². The molecule has 1 aromatic carbocycles. The van der Waals surface area contributed by atoms with E-state index in [0.29, 0.717) is 15.9 Å². The largest absolute Gasteiger partial charge is 0.497 e. The molecule has 0 bridgehead atoms. The number of anilines is 1. The molecule has 20 heavy (non-hydrogen) atoms. The topological polar surface area (TPSA) is 73.9 Å². The molecule has 108 valence electrons. The van der Waals surface area contributed by atoms with E-state index in [1.807, 2.05) is 0 Å². The van der Waals surface area contributed by atoms with Gasteiger partial charge in [-0.25, -0.2) is 9.59 Å². The lowest BCUT2D eigenvalue weighted by Gasteiger charge is -2.11. The quantitative estimate of drug-likeness (QED) is 0.651. The normalized spacial score (nSPS) is 10.7. The van der Waals surface area contributed by atoms with Crippen LogP contribution in [0.3, 0.4) is 0 Å². The van der Waals surface area contributed by atoms with Gasteiger partial charge in [0, 0.05) is 4.47 Å². The molecule has 0 fully saturated rings. The van der Waals surface area contributed by atoms with Crippen LogP contribution in [0.2, 0.25) is 0 Å². The molecule has 0 heterocycles. The van der Waals surface area contributed by atoms with Gasteiger partial charge in [0.1, 0.15) is 11.4 Å². The Bertz CT molecular complexity index is 542. The van der Waals surface area contributed by atoms with Crippen molar-refractivity contribution < 1.29 is 23.8 Å². The highest BCUT2D eigenvalue weighted by molar-refractivity contribution is 9.10. The van der Waals surface area contributed by atoms with Crippen LogP contribution in [0, 0.1) is 0 Å². The maximum absolute atomic E-state index is 11.6. The molecule has 0 saturated carbocycles. The Hall–Kier alpha value is -2.02. The molecule has 0 aliphatic carbocycles. The number of rotatable bonds is 5. The summed E-state index contributed by atoms with van der Waals surface area (Å²) in [6.45, 7) is 0. The number of esters is 2. The first kappa shape index (κ1) is 16.0. The van der Waals surface area contributed by atoms with E-state index in [-0.39, 0.29) is 5.70 Å².